The van der Waals surface area contributed by atoms with Crippen molar-refractivity contribution in [3.05, 3.63) is 86.8 Å². The minimum Gasteiger partial charge on any atom is -0.480 e. The number of hydrogen-bond acceptors (Lipinski definition) is 7. The Kier molecular flexibility index (Phi) is 8.64. The summed E-state index contributed by atoms with van der Waals surface area (Å²) in [6, 6.07) is 17.8. The summed E-state index contributed by atoms with van der Waals surface area (Å²) in [5, 5.41) is 16.9. The highest BCUT2D eigenvalue weighted by Crippen LogP contribution is 2.31. The number of nitrogens with one attached hydrogen (secondary N) is 2. The Morgan fingerprint density at radius 3 is 2.31 bits per heavy atom. The molecule has 1 aromatic heterocycles. The normalized spacial score (nSPS) is 17.8. The highest BCUT2D eigenvalue weighted by molar-refractivity contribution is 9.10. The predicted octanol–water partition coefficient (Wildman–Crippen LogP) is 3.92. The third-order valence-corrected chi connectivity index (χ3v) is 7.54. The lowest BCUT2D eigenvalue weighted by Crippen LogP contribution is -2.60. The Labute approximate surface area is 216 Å². The SMILES string of the molecule is CO[C@H](c1nc(Br)cs1)[C@H](NC(c1ccccc1)c1ccccc1)C(=O)N1CCCC(C(=O)O)N1. The van der Waals surface area contributed by atoms with Crippen LogP contribution in [0.5, 0.6) is 0 Å². The first kappa shape index (κ1) is 25.5. The first-order valence-corrected chi connectivity index (χ1v) is 12.9. The van der Waals surface area contributed by atoms with Crippen LogP contribution >= 0.6 is 27.3 Å². The van der Waals surface area contributed by atoms with Crippen molar-refractivity contribution < 1.29 is 19.4 Å². The van der Waals surface area contributed by atoms with E-state index in [1.165, 1.54) is 16.3 Å². The van der Waals surface area contributed by atoms with Gasteiger partial charge in [0, 0.05) is 19.0 Å². The monoisotopic (exact) mass is 558 g/mol. The fourth-order valence-electron chi connectivity index (χ4n) is 4.21. The van der Waals surface area contributed by atoms with Crippen LogP contribution in [-0.2, 0) is 14.3 Å². The standard InChI is InChI=1S/C25H27BrN4O4S/c1-34-22(23-27-19(26)15-35-23)21(24(31)30-14-8-13-18(29-30)25(32)33)28-20(16-9-4-2-5-10-16)17-11-6-3-7-12-17/h2-7,9-12,15,18,20-22,28-29H,8,13-14H2,1H3,(H,32,33)/t18?,21-,22-/m0/s1. The van der Waals surface area contributed by atoms with E-state index in [4.69, 9.17) is 4.74 Å². The van der Waals surface area contributed by atoms with Crippen molar-refractivity contribution in [2.45, 2.75) is 37.1 Å². The van der Waals surface area contributed by atoms with E-state index in [1.807, 2.05) is 66.0 Å². The second kappa shape index (κ2) is 11.9. The zero-order chi connectivity index (χ0) is 24.8. The van der Waals surface area contributed by atoms with Gasteiger partial charge in [-0.05, 0) is 39.9 Å². The van der Waals surface area contributed by atoms with Crippen LogP contribution in [0.3, 0.4) is 0 Å². The molecule has 3 atom stereocenters. The first-order chi connectivity index (χ1) is 17.0. The number of halogens is 1. The summed E-state index contributed by atoms with van der Waals surface area (Å²) < 4.78 is 6.51. The number of ether oxygens (including phenoxy) is 1. The number of amides is 1. The Morgan fingerprint density at radius 2 is 1.80 bits per heavy atom. The number of hydrazine groups is 1. The molecule has 3 N–H and O–H groups in total. The predicted molar refractivity (Wildman–Crippen MR) is 137 cm³/mol. The molecule has 10 heteroatoms. The lowest BCUT2D eigenvalue weighted by Gasteiger charge is -2.37. The number of carbonyl (C=O) groups is 2. The van der Waals surface area contributed by atoms with E-state index in [1.54, 1.807) is 7.11 Å². The Bertz CT molecular complexity index is 1090. The fourth-order valence-corrected chi connectivity index (χ4v) is 5.59. The maximum Gasteiger partial charge on any atom is 0.322 e. The maximum atomic E-state index is 13.9. The molecule has 2 aromatic carbocycles. The second-order valence-corrected chi connectivity index (χ2v) is 9.92. The highest BCUT2D eigenvalue weighted by atomic mass is 79.9. The van der Waals surface area contributed by atoms with Crippen molar-refractivity contribution in [1.29, 1.82) is 0 Å². The third kappa shape index (κ3) is 6.14. The average Bonchev–Trinajstić information content (AvgIpc) is 3.33. The van der Waals surface area contributed by atoms with Gasteiger partial charge in [0.2, 0.25) is 0 Å². The van der Waals surface area contributed by atoms with Gasteiger partial charge in [0.15, 0.2) is 0 Å². The highest BCUT2D eigenvalue weighted by Gasteiger charge is 2.39. The molecule has 0 aliphatic carbocycles. The number of carbonyl (C=O) groups excluding carboxylic acids is 1. The van der Waals surface area contributed by atoms with Gasteiger partial charge in [-0.1, -0.05) is 60.7 Å². The molecule has 1 aliphatic rings. The van der Waals surface area contributed by atoms with Gasteiger partial charge in [0.1, 0.15) is 27.8 Å². The summed E-state index contributed by atoms with van der Waals surface area (Å²) >= 11 is 4.78. The lowest BCUT2D eigenvalue weighted by atomic mass is 9.96. The summed E-state index contributed by atoms with van der Waals surface area (Å²) in [7, 11) is 1.55. The molecule has 0 saturated carbocycles. The minimum absolute atomic E-state index is 0.300. The quantitative estimate of drug-likeness (QED) is 0.365. The van der Waals surface area contributed by atoms with E-state index in [9.17, 15) is 14.7 Å². The van der Waals surface area contributed by atoms with Crippen molar-refractivity contribution in [2.75, 3.05) is 13.7 Å². The van der Waals surface area contributed by atoms with Crippen LogP contribution in [0.4, 0.5) is 0 Å². The summed E-state index contributed by atoms with van der Waals surface area (Å²) in [6.45, 7) is 0.403. The fraction of sp³-hybridized carbons (Fsp3) is 0.320. The molecule has 2 heterocycles. The lowest BCUT2D eigenvalue weighted by molar-refractivity contribution is -0.149. The van der Waals surface area contributed by atoms with Crippen molar-refractivity contribution in [2.24, 2.45) is 0 Å². The summed E-state index contributed by atoms with van der Waals surface area (Å²) in [6.07, 6.45) is 0.353. The van der Waals surface area contributed by atoms with Gasteiger partial charge in [-0.15, -0.1) is 11.3 Å². The Morgan fingerprint density at radius 1 is 1.17 bits per heavy atom. The number of methoxy groups -OCH3 is 1. The topological polar surface area (TPSA) is 104 Å². The van der Waals surface area contributed by atoms with Crippen LogP contribution < -0.4 is 10.7 Å². The molecule has 1 unspecified atom stereocenters. The van der Waals surface area contributed by atoms with Crippen LogP contribution in [0.15, 0.2) is 70.6 Å². The van der Waals surface area contributed by atoms with Crippen LogP contribution in [0, 0.1) is 0 Å². The van der Waals surface area contributed by atoms with Gasteiger partial charge in [0.25, 0.3) is 5.91 Å². The molecule has 1 aliphatic heterocycles. The van der Waals surface area contributed by atoms with E-state index in [0.717, 1.165) is 11.1 Å². The van der Waals surface area contributed by atoms with E-state index >= 15 is 0 Å². The molecule has 35 heavy (non-hydrogen) atoms. The van der Waals surface area contributed by atoms with Gasteiger partial charge >= 0.3 is 5.97 Å². The molecule has 3 aromatic rings. The van der Waals surface area contributed by atoms with Crippen molar-refractivity contribution in [1.82, 2.24) is 20.7 Å². The molecule has 1 saturated heterocycles. The molecular weight excluding hydrogens is 532 g/mol. The minimum atomic E-state index is -0.981. The van der Waals surface area contributed by atoms with Crippen LogP contribution in [0.1, 0.15) is 41.1 Å². The zero-order valence-electron chi connectivity index (χ0n) is 19.1. The third-order valence-electron chi connectivity index (χ3n) is 5.92. The number of rotatable bonds is 9. The molecule has 4 rings (SSSR count). The molecular formula is C25H27BrN4O4S. The van der Waals surface area contributed by atoms with Crippen LogP contribution in [0.2, 0.25) is 0 Å². The number of carboxylic acid groups (broad SMARTS) is 1. The van der Waals surface area contributed by atoms with Crippen molar-refractivity contribution in [3.8, 4) is 0 Å². The molecule has 8 nitrogen and oxygen atoms in total. The molecule has 1 fully saturated rings. The first-order valence-electron chi connectivity index (χ1n) is 11.3. The smallest absolute Gasteiger partial charge is 0.322 e. The van der Waals surface area contributed by atoms with E-state index in [2.05, 4.69) is 31.7 Å². The van der Waals surface area contributed by atoms with Crippen molar-refractivity contribution in [3.63, 3.8) is 0 Å². The number of benzene rings is 2. The number of carboxylic acids is 1. The van der Waals surface area contributed by atoms with E-state index in [0.29, 0.717) is 29.0 Å². The van der Waals surface area contributed by atoms with Gasteiger partial charge < -0.3 is 9.84 Å². The van der Waals surface area contributed by atoms with E-state index < -0.39 is 24.2 Å². The number of nitrogens with zero attached hydrogens (tertiary/aromatic N) is 2. The van der Waals surface area contributed by atoms with Crippen LogP contribution in [0.25, 0.3) is 0 Å². The number of thiazole rings is 1. The van der Waals surface area contributed by atoms with Gasteiger partial charge in [-0.25, -0.2) is 10.4 Å². The van der Waals surface area contributed by atoms with Gasteiger partial charge in [0.05, 0.1) is 6.04 Å². The average molecular weight is 559 g/mol. The van der Waals surface area contributed by atoms with Crippen LogP contribution in [-0.4, -0.2) is 52.7 Å². The Balaban J connectivity index is 1.72. The molecule has 184 valence electrons. The summed E-state index contributed by atoms with van der Waals surface area (Å²) in [5.74, 6) is -1.28. The summed E-state index contributed by atoms with van der Waals surface area (Å²) in [4.78, 5) is 30.0. The largest absolute Gasteiger partial charge is 0.480 e. The van der Waals surface area contributed by atoms with Crippen molar-refractivity contribution >= 4 is 39.1 Å². The maximum absolute atomic E-state index is 13.9. The zero-order valence-corrected chi connectivity index (χ0v) is 21.5. The number of aromatic nitrogens is 1. The second-order valence-electron chi connectivity index (χ2n) is 8.22. The van der Waals surface area contributed by atoms with Gasteiger partial charge in [-0.3, -0.25) is 19.9 Å². The molecule has 0 spiro atoms. The van der Waals surface area contributed by atoms with Gasteiger partial charge in [-0.2, -0.15) is 0 Å². The Hall–Kier alpha value is -2.63. The molecule has 1 amide bonds. The molecule has 0 radical (unpaired) electrons. The van der Waals surface area contributed by atoms with E-state index in [-0.39, 0.29) is 11.9 Å². The molecule has 0 bridgehead atoms. The number of hydrogen-bond donors (Lipinski definition) is 3. The number of aliphatic carboxylic acids is 1. The summed E-state index contributed by atoms with van der Waals surface area (Å²) in [5.41, 5.74) is 4.86.